The number of carbonyl (C=O) groups excluding carboxylic acids is 1. The van der Waals surface area contributed by atoms with Gasteiger partial charge in [-0.15, -0.1) is 0 Å². The van der Waals surface area contributed by atoms with Gasteiger partial charge in [0.05, 0.1) is 0 Å². The van der Waals surface area contributed by atoms with Crippen LogP contribution in [0.3, 0.4) is 0 Å². The lowest BCUT2D eigenvalue weighted by Crippen LogP contribution is -2.45. The Labute approximate surface area is 158 Å². The minimum atomic E-state index is -0.197. The number of likely N-dealkylation sites (N-methyl/N-ethyl adjacent to an activating group) is 1. The van der Waals surface area contributed by atoms with Crippen molar-refractivity contribution >= 4 is 22.7 Å². The highest BCUT2D eigenvalue weighted by atomic mass is 16.3. The number of pyridine rings is 1. The second kappa shape index (κ2) is 7.40. The van der Waals surface area contributed by atoms with Crippen LogP contribution in [0.5, 0.6) is 0 Å². The average molecular weight is 364 g/mol. The number of nitrogens with zero attached hydrogens (tertiary/aromatic N) is 3. The van der Waals surface area contributed by atoms with E-state index in [0.29, 0.717) is 12.3 Å². The molecule has 0 saturated carbocycles. The summed E-state index contributed by atoms with van der Waals surface area (Å²) in [5.74, 6) is 1.13. The van der Waals surface area contributed by atoms with E-state index in [1.165, 1.54) is 0 Å². The Balaban J connectivity index is 1.50. The SMILES string of the molecule is Cc1c(C(=O)NCc2cccnc2N2CCN(C)CC2)oc2ccccc12. The Hall–Kier alpha value is -2.86. The molecule has 1 fully saturated rings. The molecular weight excluding hydrogens is 340 g/mol. The molecule has 27 heavy (non-hydrogen) atoms. The third-order valence-electron chi connectivity index (χ3n) is 5.16. The predicted octanol–water partition coefficient (Wildman–Crippen LogP) is 2.82. The molecule has 0 aliphatic carbocycles. The van der Waals surface area contributed by atoms with Crippen LogP contribution < -0.4 is 10.2 Å². The fourth-order valence-electron chi connectivity index (χ4n) is 3.52. The molecule has 0 atom stereocenters. The topological polar surface area (TPSA) is 61.6 Å². The van der Waals surface area contributed by atoms with E-state index in [2.05, 4.69) is 27.1 Å². The smallest absolute Gasteiger partial charge is 0.287 e. The zero-order valence-electron chi connectivity index (χ0n) is 15.7. The molecule has 0 radical (unpaired) electrons. The largest absolute Gasteiger partial charge is 0.451 e. The van der Waals surface area contributed by atoms with Crippen LogP contribution in [-0.4, -0.2) is 49.0 Å². The van der Waals surface area contributed by atoms with Gasteiger partial charge in [-0.1, -0.05) is 24.3 Å². The number of piperazine rings is 1. The Morgan fingerprint density at radius 3 is 2.70 bits per heavy atom. The molecule has 3 aromatic rings. The van der Waals surface area contributed by atoms with Crippen molar-refractivity contribution in [3.05, 3.63) is 59.5 Å². The molecule has 6 nitrogen and oxygen atoms in total. The van der Waals surface area contributed by atoms with Crippen molar-refractivity contribution in [3.8, 4) is 0 Å². The van der Waals surface area contributed by atoms with E-state index >= 15 is 0 Å². The number of para-hydroxylation sites is 1. The minimum absolute atomic E-state index is 0.197. The summed E-state index contributed by atoms with van der Waals surface area (Å²) in [6, 6.07) is 11.6. The van der Waals surface area contributed by atoms with Crippen molar-refractivity contribution in [2.45, 2.75) is 13.5 Å². The molecule has 1 aliphatic heterocycles. The average Bonchev–Trinajstić information content (AvgIpc) is 3.04. The lowest BCUT2D eigenvalue weighted by molar-refractivity contribution is 0.0924. The summed E-state index contributed by atoms with van der Waals surface area (Å²) in [5.41, 5.74) is 2.62. The van der Waals surface area contributed by atoms with E-state index in [0.717, 1.165) is 54.1 Å². The molecule has 1 aliphatic rings. The van der Waals surface area contributed by atoms with E-state index in [1.807, 2.05) is 49.5 Å². The Morgan fingerprint density at radius 2 is 1.93 bits per heavy atom. The summed E-state index contributed by atoms with van der Waals surface area (Å²) >= 11 is 0. The monoisotopic (exact) mass is 364 g/mol. The van der Waals surface area contributed by atoms with E-state index in [4.69, 9.17) is 4.42 Å². The van der Waals surface area contributed by atoms with Crippen molar-refractivity contribution in [1.29, 1.82) is 0 Å². The number of fused-ring (bicyclic) bond motifs is 1. The normalized spacial score (nSPS) is 15.3. The van der Waals surface area contributed by atoms with Gasteiger partial charge in [0.25, 0.3) is 5.91 Å². The number of aromatic nitrogens is 1. The number of aryl methyl sites for hydroxylation is 1. The second-order valence-corrected chi connectivity index (χ2v) is 7.01. The van der Waals surface area contributed by atoms with Crippen LogP contribution in [0, 0.1) is 6.92 Å². The fourth-order valence-corrected chi connectivity index (χ4v) is 3.52. The number of carbonyl (C=O) groups is 1. The van der Waals surface area contributed by atoms with Crippen molar-refractivity contribution in [2.75, 3.05) is 38.1 Å². The molecule has 1 saturated heterocycles. The summed E-state index contributed by atoms with van der Waals surface area (Å²) in [4.78, 5) is 21.9. The number of hydrogen-bond acceptors (Lipinski definition) is 5. The van der Waals surface area contributed by atoms with Gasteiger partial charge in [-0.25, -0.2) is 4.98 Å². The van der Waals surface area contributed by atoms with Gasteiger partial charge in [-0.2, -0.15) is 0 Å². The maximum absolute atomic E-state index is 12.7. The molecule has 3 heterocycles. The third kappa shape index (κ3) is 3.53. The van der Waals surface area contributed by atoms with Gasteiger partial charge in [-0.3, -0.25) is 4.79 Å². The Bertz CT molecular complexity index is 958. The number of amides is 1. The Kier molecular flexibility index (Phi) is 4.81. The highest BCUT2D eigenvalue weighted by Gasteiger charge is 2.20. The third-order valence-corrected chi connectivity index (χ3v) is 5.16. The van der Waals surface area contributed by atoms with Gasteiger partial charge in [0, 0.05) is 55.4 Å². The summed E-state index contributed by atoms with van der Waals surface area (Å²) in [5, 5.41) is 3.97. The highest BCUT2D eigenvalue weighted by Crippen LogP contribution is 2.25. The van der Waals surface area contributed by atoms with Gasteiger partial charge in [0.1, 0.15) is 11.4 Å². The van der Waals surface area contributed by atoms with Gasteiger partial charge >= 0.3 is 0 Å². The second-order valence-electron chi connectivity index (χ2n) is 7.01. The molecule has 0 bridgehead atoms. The maximum Gasteiger partial charge on any atom is 0.287 e. The Morgan fingerprint density at radius 1 is 1.15 bits per heavy atom. The molecule has 140 valence electrons. The predicted molar refractivity (Wildman–Crippen MR) is 106 cm³/mol. The molecule has 0 unspecified atom stereocenters. The molecule has 0 spiro atoms. The van der Waals surface area contributed by atoms with Crippen LogP contribution in [-0.2, 0) is 6.54 Å². The number of nitrogens with one attached hydrogen (secondary N) is 1. The first-order chi connectivity index (χ1) is 13.1. The molecule has 4 rings (SSSR count). The van der Waals surface area contributed by atoms with Crippen LogP contribution >= 0.6 is 0 Å². The van der Waals surface area contributed by atoms with Gasteiger partial charge < -0.3 is 19.5 Å². The van der Waals surface area contributed by atoms with Crippen LogP contribution in [0.15, 0.2) is 47.0 Å². The molecule has 1 amide bonds. The maximum atomic E-state index is 12.7. The first-order valence-corrected chi connectivity index (χ1v) is 9.27. The highest BCUT2D eigenvalue weighted by molar-refractivity contribution is 5.98. The molecule has 1 N–H and O–H groups in total. The van der Waals surface area contributed by atoms with Gasteiger partial charge in [0.2, 0.25) is 0 Å². The van der Waals surface area contributed by atoms with Crippen molar-refractivity contribution in [2.24, 2.45) is 0 Å². The zero-order chi connectivity index (χ0) is 18.8. The van der Waals surface area contributed by atoms with E-state index in [-0.39, 0.29) is 5.91 Å². The summed E-state index contributed by atoms with van der Waals surface area (Å²) in [6.07, 6.45) is 1.81. The van der Waals surface area contributed by atoms with E-state index in [9.17, 15) is 4.79 Å². The van der Waals surface area contributed by atoms with Crippen LogP contribution in [0.1, 0.15) is 21.7 Å². The van der Waals surface area contributed by atoms with Crippen molar-refractivity contribution < 1.29 is 9.21 Å². The first-order valence-electron chi connectivity index (χ1n) is 9.27. The molecule has 6 heteroatoms. The number of furan rings is 1. The van der Waals surface area contributed by atoms with Crippen LogP contribution in [0.2, 0.25) is 0 Å². The molecule has 1 aromatic carbocycles. The molecule has 2 aromatic heterocycles. The summed E-state index contributed by atoms with van der Waals surface area (Å²) < 4.78 is 5.76. The van der Waals surface area contributed by atoms with Crippen LogP contribution in [0.25, 0.3) is 11.0 Å². The van der Waals surface area contributed by atoms with Gasteiger partial charge in [-0.05, 0) is 26.1 Å². The zero-order valence-corrected chi connectivity index (χ0v) is 15.7. The number of anilines is 1. The van der Waals surface area contributed by atoms with E-state index in [1.54, 1.807) is 0 Å². The lowest BCUT2D eigenvalue weighted by Gasteiger charge is -2.34. The number of benzene rings is 1. The van der Waals surface area contributed by atoms with E-state index < -0.39 is 0 Å². The fraction of sp³-hybridized carbons (Fsp3) is 0.333. The van der Waals surface area contributed by atoms with Gasteiger partial charge in [0.15, 0.2) is 5.76 Å². The quantitative estimate of drug-likeness (QED) is 0.771. The van der Waals surface area contributed by atoms with Crippen molar-refractivity contribution in [1.82, 2.24) is 15.2 Å². The first kappa shape index (κ1) is 17.5. The standard InChI is InChI=1S/C21H24N4O2/c1-15-17-7-3-4-8-18(17)27-19(15)21(26)23-14-16-6-5-9-22-20(16)25-12-10-24(2)11-13-25/h3-9H,10-14H2,1-2H3,(H,23,26). The molecular formula is C21H24N4O2. The van der Waals surface area contributed by atoms with Crippen LogP contribution in [0.4, 0.5) is 5.82 Å². The lowest BCUT2D eigenvalue weighted by atomic mass is 10.1. The number of hydrogen-bond donors (Lipinski definition) is 1. The number of rotatable bonds is 4. The van der Waals surface area contributed by atoms with Crippen molar-refractivity contribution in [3.63, 3.8) is 0 Å². The summed E-state index contributed by atoms with van der Waals surface area (Å²) in [7, 11) is 2.13. The summed E-state index contributed by atoms with van der Waals surface area (Å²) in [6.45, 7) is 6.25. The minimum Gasteiger partial charge on any atom is -0.451 e.